The number of ether oxygens (including phenoxy) is 2. The third-order valence-corrected chi connectivity index (χ3v) is 4.71. The van der Waals surface area contributed by atoms with Gasteiger partial charge in [-0.05, 0) is 51.8 Å². The molecule has 4 N–H and O–H groups in total. The molecule has 1 aromatic carbocycles. The smallest absolute Gasteiger partial charge is 0.407 e. The van der Waals surface area contributed by atoms with Crippen LogP contribution >= 0.6 is 0 Å². The Morgan fingerprint density at radius 1 is 1.18 bits per heavy atom. The Balaban J connectivity index is 1.83. The van der Waals surface area contributed by atoms with Crippen molar-refractivity contribution in [2.45, 2.75) is 64.1 Å². The molecule has 1 amide bonds. The number of benzene rings is 1. The summed E-state index contributed by atoms with van der Waals surface area (Å²) in [6, 6.07) is 5.54. The van der Waals surface area contributed by atoms with E-state index in [1.165, 1.54) is 0 Å². The van der Waals surface area contributed by atoms with Gasteiger partial charge in [0.25, 0.3) is 0 Å². The molecule has 2 atom stereocenters. The number of nitrogens with zero attached hydrogens (tertiary/aromatic N) is 2. The van der Waals surface area contributed by atoms with E-state index in [2.05, 4.69) is 20.6 Å². The molecule has 1 aliphatic carbocycles. The number of nitrogens with two attached hydrogens (primary N) is 1. The lowest BCUT2D eigenvalue weighted by Gasteiger charge is -2.34. The van der Waals surface area contributed by atoms with Crippen LogP contribution in [-0.4, -0.2) is 40.9 Å². The number of amides is 1. The van der Waals surface area contributed by atoms with E-state index in [0.29, 0.717) is 5.82 Å². The second kappa shape index (κ2) is 8.08. The minimum Gasteiger partial charge on any atom is -0.497 e. The molecular formula is C20H29N5O3. The summed E-state index contributed by atoms with van der Waals surface area (Å²) in [5.74, 6) is 1.56. The Bertz CT molecular complexity index is 850. The van der Waals surface area contributed by atoms with Crippen LogP contribution in [0.2, 0.25) is 0 Å². The van der Waals surface area contributed by atoms with Crippen LogP contribution in [0.3, 0.4) is 0 Å². The summed E-state index contributed by atoms with van der Waals surface area (Å²) in [5.41, 5.74) is 6.11. The van der Waals surface area contributed by atoms with Gasteiger partial charge in [-0.15, -0.1) is 0 Å². The van der Waals surface area contributed by atoms with E-state index in [1.54, 1.807) is 7.11 Å². The van der Waals surface area contributed by atoms with Gasteiger partial charge in [0.2, 0.25) is 5.95 Å². The summed E-state index contributed by atoms with van der Waals surface area (Å²) < 4.78 is 10.7. The van der Waals surface area contributed by atoms with Gasteiger partial charge in [0.1, 0.15) is 17.2 Å². The van der Waals surface area contributed by atoms with E-state index in [0.717, 1.165) is 42.3 Å². The van der Waals surface area contributed by atoms with Crippen LogP contribution in [0.15, 0.2) is 18.2 Å². The zero-order valence-corrected chi connectivity index (χ0v) is 16.9. The lowest BCUT2D eigenvalue weighted by molar-refractivity contribution is 0.0488. The molecule has 1 fully saturated rings. The molecule has 0 radical (unpaired) electrons. The van der Waals surface area contributed by atoms with Crippen molar-refractivity contribution in [3.8, 4) is 5.75 Å². The number of hydrogen-bond donors (Lipinski definition) is 3. The van der Waals surface area contributed by atoms with Gasteiger partial charge in [-0.1, -0.05) is 12.8 Å². The summed E-state index contributed by atoms with van der Waals surface area (Å²) in [6.07, 6.45) is 3.51. The molecule has 0 unspecified atom stereocenters. The van der Waals surface area contributed by atoms with E-state index in [1.807, 2.05) is 39.0 Å². The minimum atomic E-state index is -0.532. The number of rotatable bonds is 4. The van der Waals surface area contributed by atoms with Crippen molar-refractivity contribution >= 4 is 28.8 Å². The number of fused-ring (bicyclic) bond motifs is 1. The molecule has 152 valence electrons. The van der Waals surface area contributed by atoms with Crippen molar-refractivity contribution in [2.75, 3.05) is 18.2 Å². The standard InChI is InChI=1S/C20H29N5O3/c1-20(2,3)28-19(26)24-16-8-6-5-7-15(16)22-17-13-11-12(27-4)9-10-14(13)23-18(21)25-17/h9-11,15-16H,5-8H2,1-4H3,(H,24,26)(H3,21,22,23,25)/t15-,16+/m0/s1. The number of hydrogen-bond acceptors (Lipinski definition) is 7. The SMILES string of the molecule is COc1ccc2nc(N)nc(N[C@H]3CCCC[C@H]3NC(=O)OC(C)(C)C)c2c1. The van der Waals surface area contributed by atoms with Crippen LogP contribution in [0.5, 0.6) is 5.75 Å². The lowest BCUT2D eigenvalue weighted by Crippen LogP contribution is -2.49. The first kappa shape index (κ1) is 20.0. The Hall–Kier alpha value is -2.77. The van der Waals surface area contributed by atoms with E-state index in [-0.39, 0.29) is 18.0 Å². The van der Waals surface area contributed by atoms with Gasteiger partial charge >= 0.3 is 6.09 Å². The van der Waals surface area contributed by atoms with Crippen LogP contribution in [0, 0.1) is 0 Å². The van der Waals surface area contributed by atoms with Crippen LogP contribution in [0.1, 0.15) is 46.5 Å². The fraction of sp³-hybridized carbons (Fsp3) is 0.550. The molecule has 0 bridgehead atoms. The van der Waals surface area contributed by atoms with E-state index < -0.39 is 11.7 Å². The molecular weight excluding hydrogens is 358 g/mol. The van der Waals surface area contributed by atoms with Crippen molar-refractivity contribution in [1.82, 2.24) is 15.3 Å². The zero-order valence-electron chi connectivity index (χ0n) is 16.9. The van der Waals surface area contributed by atoms with Gasteiger partial charge in [-0.2, -0.15) is 4.98 Å². The van der Waals surface area contributed by atoms with Gasteiger partial charge in [0, 0.05) is 11.4 Å². The third kappa shape index (κ3) is 4.94. The van der Waals surface area contributed by atoms with Gasteiger partial charge in [0.15, 0.2) is 0 Å². The van der Waals surface area contributed by atoms with Crippen molar-refractivity contribution in [3.05, 3.63) is 18.2 Å². The summed E-state index contributed by atoms with van der Waals surface area (Å²) in [7, 11) is 1.62. The first-order chi connectivity index (χ1) is 13.2. The molecule has 28 heavy (non-hydrogen) atoms. The summed E-state index contributed by atoms with van der Waals surface area (Å²) in [4.78, 5) is 20.9. The number of carbonyl (C=O) groups is 1. The highest BCUT2D eigenvalue weighted by atomic mass is 16.6. The molecule has 0 saturated heterocycles. The minimum absolute atomic E-state index is 0.0185. The van der Waals surface area contributed by atoms with Gasteiger partial charge < -0.3 is 25.8 Å². The van der Waals surface area contributed by atoms with E-state index in [9.17, 15) is 4.79 Å². The third-order valence-electron chi connectivity index (χ3n) is 4.71. The lowest BCUT2D eigenvalue weighted by atomic mass is 9.90. The van der Waals surface area contributed by atoms with Crippen LogP contribution in [0.25, 0.3) is 10.9 Å². The molecule has 8 nitrogen and oxygen atoms in total. The predicted molar refractivity (Wildman–Crippen MR) is 110 cm³/mol. The average molecular weight is 387 g/mol. The van der Waals surface area contributed by atoms with Crippen molar-refractivity contribution in [1.29, 1.82) is 0 Å². The molecule has 1 aromatic heterocycles. The Labute approximate surface area is 165 Å². The summed E-state index contributed by atoms with van der Waals surface area (Å²) >= 11 is 0. The van der Waals surface area contributed by atoms with Gasteiger partial charge in [-0.3, -0.25) is 0 Å². The molecule has 1 heterocycles. The largest absolute Gasteiger partial charge is 0.497 e. The predicted octanol–water partition coefficient (Wildman–Crippen LogP) is 3.47. The number of anilines is 2. The Morgan fingerprint density at radius 2 is 1.89 bits per heavy atom. The number of aromatic nitrogens is 2. The van der Waals surface area contributed by atoms with Crippen molar-refractivity contribution in [3.63, 3.8) is 0 Å². The maximum Gasteiger partial charge on any atom is 0.407 e. The van der Waals surface area contributed by atoms with Crippen molar-refractivity contribution < 1.29 is 14.3 Å². The van der Waals surface area contributed by atoms with E-state index in [4.69, 9.17) is 15.2 Å². The molecule has 0 aliphatic heterocycles. The van der Waals surface area contributed by atoms with Gasteiger partial charge in [0.05, 0.1) is 18.7 Å². The summed E-state index contributed by atoms with van der Waals surface area (Å²) in [5, 5.41) is 7.31. The normalized spacial score (nSPS) is 19.9. The van der Waals surface area contributed by atoms with Crippen LogP contribution < -0.4 is 21.1 Å². The first-order valence-corrected chi connectivity index (χ1v) is 9.62. The molecule has 2 aromatic rings. The highest BCUT2D eigenvalue weighted by Crippen LogP contribution is 2.29. The second-order valence-corrected chi connectivity index (χ2v) is 8.10. The molecule has 8 heteroatoms. The average Bonchev–Trinajstić information content (AvgIpc) is 2.61. The van der Waals surface area contributed by atoms with Crippen LogP contribution in [-0.2, 0) is 4.74 Å². The molecule has 1 aliphatic rings. The Kier molecular flexibility index (Phi) is 5.76. The van der Waals surface area contributed by atoms with Gasteiger partial charge in [-0.25, -0.2) is 9.78 Å². The quantitative estimate of drug-likeness (QED) is 0.736. The topological polar surface area (TPSA) is 111 Å². The van der Waals surface area contributed by atoms with Crippen LogP contribution in [0.4, 0.5) is 16.6 Å². The number of nitrogen functional groups attached to an aromatic ring is 1. The molecule has 1 saturated carbocycles. The highest BCUT2D eigenvalue weighted by Gasteiger charge is 2.29. The first-order valence-electron chi connectivity index (χ1n) is 9.62. The highest BCUT2D eigenvalue weighted by molar-refractivity contribution is 5.91. The maximum absolute atomic E-state index is 12.3. The summed E-state index contributed by atoms with van der Waals surface area (Å²) in [6.45, 7) is 5.56. The number of carbonyl (C=O) groups excluding carboxylic acids is 1. The molecule has 3 rings (SSSR count). The maximum atomic E-state index is 12.3. The number of methoxy groups -OCH3 is 1. The fourth-order valence-corrected chi connectivity index (χ4v) is 3.47. The number of alkyl carbamates (subject to hydrolysis) is 1. The molecule has 0 spiro atoms. The van der Waals surface area contributed by atoms with Crippen molar-refractivity contribution in [2.24, 2.45) is 0 Å². The Morgan fingerprint density at radius 3 is 2.57 bits per heavy atom. The zero-order chi connectivity index (χ0) is 20.3. The monoisotopic (exact) mass is 387 g/mol. The van der Waals surface area contributed by atoms with E-state index >= 15 is 0 Å². The number of nitrogens with one attached hydrogen (secondary N) is 2. The fourth-order valence-electron chi connectivity index (χ4n) is 3.47. The second-order valence-electron chi connectivity index (χ2n) is 8.10.